The number of hydrogen-bond donors (Lipinski definition) is 1. The molecule has 1 aliphatic rings. The third-order valence-corrected chi connectivity index (χ3v) is 3.55. The van der Waals surface area contributed by atoms with E-state index in [1.807, 2.05) is 0 Å². The van der Waals surface area contributed by atoms with Crippen LogP contribution in [0.3, 0.4) is 0 Å². The van der Waals surface area contributed by atoms with Crippen LogP contribution >= 0.6 is 0 Å². The molecule has 0 bridgehead atoms. The van der Waals surface area contributed by atoms with Crippen LogP contribution in [-0.2, 0) is 22.5 Å². The van der Waals surface area contributed by atoms with Crippen molar-refractivity contribution in [3.63, 3.8) is 0 Å². The van der Waals surface area contributed by atoms with E-state index in [9.17, 15) is 4.79 Å². The van der Waals surface area contributed by atoms with E-state index >= 15 is 0 Å². The number of aryl methyl sites for hydroxylation is 1. The van der Waals surface area contributed by atoms with Crippen LogP contribution in [0.5, 0.6) is 0 Å². The fourth-order valence-electron chi connectivity index (χ4n) is 2.42. The molecule has 0 spiro atoms. The van der Waals surface area contributed by atoms with Crippen LogP contribution < -0.4 is 0 Å². The molecule has 1 N–H and O–H groups in total. The summed E-state index contributed by atoms with van der Waals surface area (Å²) in [6.07, 6.45) is 3.92. The van der Waals surface area contributed by atoms with Gasteiger partial charge in [0.2, 0.25) is 5.89 Å². The first kappa shape index (κ1) is 15.9. The molecule has 0 atom stereocenters. The number of carboxylic acid groups (broad SMARTS) is 1. The van der Waals surface area contributed by atoms with Crippen molar-refractivity contribution in [2.45, 2.75) is 51.7 Å². The van der Waals surface area contributed by atoms with Crippen LogP contribution in [0, 0.1) is 0 Å². The number of ether oxygens (including phenoxy) is 1. The summed E-state index contributed by atoms with van der Waals surface area (Å²) < 4.78 is 10.8. The van der Waals surface area contributed by atoms with Gasteiger partial charge in [0.15, 0.2) is 5.82 Å². The van der Waals surface area contributed by atoms with Crippen molar-refractivity contribution in [1.29, 1.82) is 0 Å². The summed E-state index contributed by atoms with van der Waals surface area (Å²) in [7, 11) is 0. The van der Waals surface area contributed by atoms with Crippen molar-refractivity contribution in [3.05, 3.63) is 11.7 Å². The fraction of sp³-hybridized carbons (Fsp3) is 0.786. The van der Waals surface area contributed by atoms with Gasteiger partial charge in [-0.3, -0.25) is 9.69 Å². The maximum Gasteiger partial charge on any atom is 0.305 e. The summed E-state index contributed by atoms with van der Waals surface area (Å²) in [5, 5.41) is 12.5. The van der Waals surface area contributed by atoms with Gasteiger partial charge in [0.25, 0.3) is 0 Å². The van der Waals surface area contributed by atoms with Crippen LogP contribution in [0.2, 0.25) is 0 Å². The van der Waals surface area contributed by atoms with Crippen molar-refractivity contribution in [3.8, 4) is 0 Å². The van der Waals surface area contributed by atoms with Crippen molar-refractivity contribution < 1.29 is 19.2 Å². The Labute approximate surface area is 124 Å². The molecule has 1 fully saturated rings. The molecule has 0 unspecified atom stereocenters. The molecule has 2 heterocycles. The molecule has 21 heavy (non-hydrogen) atoms. The van der Waals surface area contributed by atoms with E-state index in [1.54, 1.807) is 0 Å². The molecule has 0 aromatic carbocycles. The molecule has 0 amide bonds. The van der Waals surface area contributed by atoms with E-state index in [0.29, 0.717) is 19.0 Å². The summed E-state index contributed by atoms with van der Waals surface area (Å²) >= 11 is 0. The molecule has 118 valence electrons. The van der Waals surface area contributed by atoms with E-state index in [0.717, 1.165) is 44.6 Å². The molecule has 2 rings (SSSR count). The molecule has 1 aliphatic heterocycles. The Morgan fingerprint density at radius 2 is 2.24 bits per heavy atom. The third kappa shape index (κ3) is 5.43. The average molecular weight is 297 g/mol. The number of aromatic nitrogens is 2. The second-order valence-corrected chi connectivity index (χ2v) is 5.34. The minimum Gasteiger partial charge on any atom is -0.481 e. The maximum absolute atomic E-state index is 10.4. The normalized spacial score (nSPS) is 17.2. The summed E-state index contributed by atoms with van der Waals surface area (Å²) in [5.74, 6) is 0.634. The predicted molar refractivity (Wildman–Crippen MR) is 74.8 cm³/mol. The number of piperidine rings is 1. The molecule has 1 aromatic rings. The van der Waals surface area contributed by atoms with Crippen molar-refractivity contribution in [2.24, 2.45) is 0 Å². The van der Waals surface area contributed by atoms with Crippen molar-refractivity contribution in [2.75, 3.05) is 19.7 Å². The van der Waals surface area contributed by atoms with Gasteiger partial charge in [-0.1, -0.05) is 12.1 Å². The summed E-state index contributed by atoms with van der Waals surface area (Å²) in [5.41, 5.74) is 0. The van der Waals surface area contributed by atoms with E-state index in [4.69, 9.17) is 14.4 Å². The standard InChI is InChI=1S/C14H23N3O4/c1-2-3-12-15-13(21-16-12)10-17-7-4-11(5-8-17)20-9-6-14(18)19/h11H,2-10H2,1H3,(H,18,19). The summed E-state index contributed by atoms with van der Waals surface area (Å²) in [6.45, 7) is 4.88. The van der Waals surface area contributed by atoms with Gasteiger partial charge < -0.3 is 14.4 Å². The van der Waals surface area contributed by atoms with Gasteiger partial charge in [-0.25, -0.2) is 0 Å². The Morgan fingerprint density at radius 1 is 1.48 bits per heavy atom. The molecule has 0 radical (unpaired) electrons. The van der Waals surface area contributed by atoms with Crippen LogP contribution in [0.1, 0.15) is 44.3 Å². The lowest BCUT2D eigenvalue weighted by atomic mass is 10.1. The highest BCUT2D eigenvalue weighted by molar-refractivity contribution is 5.66. The SMILES string of the molecule is CCCc1noc(CN2CCC(OCCC(=O)O)CC2)n1. The second kappa shape index (κ2) is 8.09. The minimum atomic E-state index is -0.813. The smallest absolute Gasteiger partial charge is 0.305 e. The van der Waals surface area contributed by atoms with Gasteiger partial charge in [0.05, 0.1) is 25.7 Å². The van der Waals surface area contributed by atoms with E-state index in [-0.39, 0.29) is 12.5 Å². The first-order valence-corrected chi connectivity index (χ1v) is 7.54. The third-order valence-electron chi connectivity index (χ3n) is 3.55. The van der Waals surface area contributed by atoms with Crippen LogP contribution in [0.25, 0.3) is 0 Å². The molecular formula is C14H23N3O4. The number of hydrogen-bond acceptors (Lipinski definition) is 6. The quantitative estimate of drug-likeness (QED) is 0.777. The molecule has 1 saturated heterocycles. The minimum absolute atomic E-state index is 0.0718. The van der Waals surface area contributed by atoms with Gasteiger partial charge >= 0.3 is 5.97 Å². The van der Waals surface area contributed by atoms with E-state index in [2.05, 4.69) is 22.0 Å². The Bertz CT molecular complexity index is 441. The predicted octanol–water partition coefficient (Wildman–Crippen LogP) is 1.48. The second-order valence-electron chi connectivity index (χ2n) is 5.34. The largest absolute Gasteiger partial charge is 0.481 e. The lowest BCUT2D eigenvalue weighted by Crippen LogP contribution is -2.36. The number of likely N-dealkylation sites (tertiary alicyclic amines) is 1. The van der Waals surface area contributed by atoms with Gasteiger partial charge in [-0.2, -0.15) is 4.98 Å². The number of aliphatic carboxylic acids is 1. The molecule has 0 aliphatic carbocycles. The average Bonchev–Trinajstić information content (AvgIpc) is 2.88. The number of carboxylic acids is 1. The Hall–Kier alpha value is -1.47. The lowest BCUT2D eigenvalue weighted by Gasteiger charge is -2.30. The van der Waals surface area contributed by atoms with Gasteiger partial charge in [-0.05, 0) is 19.3 Å². The molecular weight excluding hydrogens is 274 g/mol. The first-order chi connectivity index (χ1) is 10.2. The number of carbonyl (C=O) groups is 1. The van der Waals surface area contributed by atoms with Gasteiger partial charge in [0.1, 0.15) is 0 Å². The van der Waals surface area contributed by atoms with Crippen LogP contribution in [0.4, 0.5) is 0 Å². The maximum atomic E-state index is 10.4. The summed E-state index contributed by atoms with van der Waals surface area (Å²) in [6, 6.07) is 0. The highest BCUT2D eigenvalue weighted by atomic mass is 16.5. The van der Waals surface area contributed by atoms with Crippen LogP contribution in [0.15, 0.2) is 4.52 Å². The summed E-state index contributed by atoms with van der Waals surface area (Å²) in [4.78, 5) is 17.1. The zero-order valence-electron chi connectivity index (χ0n) is 12.5. The highest BCUT2D eigenvalue weighted by Gasteiger charge is 2.21. The molecule has 7 heteroatoms. The Morgan fingerprint density at radius 3 is 2.90 bits per heavy atom. The van der Waals surface area contributed by atoms with Gasteiger partial charge in [0, 0.05) is 19.5 Å². The first-order valence-electron chi connectivity index (χ1n) is 7.54. The zero-order chi connectivity index (χ0) is 15.1. The van der Waals surface area contributed by atoms with Crippen molar-refractivity contribution in [1.82, 2.24) is 15.0 Å². The van der Waals surface area contributed by atoms with E-state index in [1.165, 1.54) is 0 Å². The van der Waals surface area contributed by atoms with E-state index < -0.39 is 5.97 Å². The number of nitrogens with zero attached hydrogens (tertiary/aromatic N) is 3. The molecule has 1 aromatic heterocycles. The molecule has 0 saturated carbocycles. The highest BCUT2D eigenvalue weighted by Crippen LogP contribution is 2.16. The lowest BCUT2D eigenvalue weighted by molar-refractivity contribution is -0.138. The van der Waals surface area contributed by atoms with Crippen molar-refractivity contribution >= 4 is 5.97 Å². The van der Waals surface area contributed by atoms with Crippen LogP contribution in [-0.4, -0.2) is 51.9 Å². The topological polar surface area (TPSA) is 88.7 Å². The molecule has 7 nitrogen and oxygen atoms in total. The number of rotatable bonds is 8. The Kier molecular flexibility index (Phi) is 6.13. The monoisotopic (exact) mass is 297 g/mol. The van der Waals surface area contributed by atoms with Gasteiger partial charge in [-0.15, -0.1) is 0 Å². The Balaban J connectivity index is 1.67. The fourth-order valence-corrected chi connectivity index (χ4v) is 2.42. The zero-order valence-corrected chi connectivity index (χ0v) is 12.5.